The van der Waals surface area contributed by atoms with Gasteiger partial charge in [-0.2, -0.15) is 4.98 Å². The predicted octanol–water partition coefficient (Wildman–Crippen LogP) is 2.45. The Bertz CT molecular complexity index is 520. The minimum atomic E-state index is 0.222. The van der Waals surface area contributed by atoms with Crippen LogP contribution in [0.2, 0.25) is 0 Å². The third-order valence-electron chi connectivity index (χ3n) is 2.41. The molecular formula is C12H15N3O2. The molecule has 2 aromatic rings. The van der Waals surface area contributed by atoms with E-state index >= 15 is 0 Å². The van der Waals surface area contributed by atoms with Crippen molar-refractivity contribution in [1.82, 2.24) is 10.1 Å². The minimum absolute atomic E-state index is 0.222. The topological polar surface area (TPSA) is 74.2 Å². The lowest BCUT2D eigenvalue weighted by atomic mass is 10.1. The van der Waals surface area contributed by atoms with Crippen molar-refractivity contribution in [2.24, 2.45) is 0 Å². The Balaban J connectivity index is 2.47. The third kappa shape index (κ3) is 2.22. The van der Waals surface area contributed by atoms with Crippen molar-refractivity contribution in [3.63, 3.8) is 0 Å². The quantitative estimate of drug-likeness (QED) is 0.824. The molecule has 1 heterocycles. The second-order valence-electron chi connectivity index (χ2n) is 4.07. The number of nitrogen functional groups attached to an aromatic ring is 1. The van der Waals surface area contributed by atoms with Gasteiger partial charge in [0.05, 0.1) is 12.7 Å². The lowest BCUT2D eigenvalue weighted by molar-refractivity contribution is 0.401. The van der Waals surface area contributed by atoms with Gasteiger partial charge in [0.15, 0.2) is 5.82 Å². The summed E-state index contributed by atoms with van der Waals surface area (Å²) in [4.78, 5) is 4.32. The maximum Gasteiger partial charge on any atom is 0.261 e. The van der Waals surface area contributed by atoms with Crippen LogP contribution < -0.4 is 10.5 Å². The summed E-state index contributed by atoms with van der Waals surface area (Å²) >= 11 is 0. The Morgan fingerprint density at radius 1 is 1.35 bits per heavy atom. The highest BCUT2D eigenvalue weighted by Gasteiger charge is 2.15. The molecule has 90 valence electrons. The molecule has 1 aromatic carbocycles. The first-order chi connectivity index (χ1) is 8.11. The molecule has 0 fully saturated rings. The van der Waals surface area contributed by atoms with Gasteiger partial charge in [0.1, 0.15) is 5.75 Å². The van der Waals surface area contributed by atoms with E-state index in [1.165, 1.54) is 0 Å². The fraction of sp³-hybridized carbons (Fsp3) is 0.333. The second kappa shape index (κ2) is 4.45. The van der Waals surface area contributed by atoms with Gasteiger partial charge >= 0.3 is 0 Å². The number of hydrogen-bond acceptors (Lipinski definition) is 5. The smallest absolute Gasteiger partial charge is 0.261 e. The van der Waals surface area contributed by atoms with Crippen LogP contribution in [-0.2, 0) is 0 Å². The van der Waals surface area contributed by atoms with Crippen LogP contribution in [0.5, 0.6) is 5.75 Å². The Kier molecular flexibility index (Phi) is 2.99. The molecule has 17 heavy (non-hydrogen) atoms. The molecule has 5 heteroatoms. The fourth-order valence-corrected chi connectivity index (χ4v) is 1.47. The van der Waals surface area contributed by atoms with Crippen LogP contribution in [-0.4, -0.2) is 17.3 Å². The van der Waals surface area contributed by atoms with Gasteiger partial charge in [-0.1, -0.05) is 19.0 Å². The molecule has 0 aliphatic heterocycles. The van der Waals surface area contributed by atoms with Crippen molar-refractivity contribution in [2.45, 2.75) is 19.8 Å². The average Bonchev–Trinajstić information content (AvgIpc) is 2.78. The SMILES string of the molecule is COc1ccc(N)cc1-c1nc(C(C)C)no1. The van der Waals surface area contributed by atoms with Gasteiger partial charge in [-0.25, -0.2) is 0 Å². The average molecular weight is 233 g/mol. The number of methoxy groups -OCH3 is 1. The van der Waals surface area contributed by atoms with Crippen LogP contribution in [0.3, 0.4) is 0 Å². The summed E-state index contributed by atoms with van der Waals surface area (Å²) in [5.41, 5.74) is 7.09. The lowest BCUT2D eigenvalue weighted by Crippen LogP contribution is -1.92. The largest absolute Gasteiger partial charge is 0.496 e. The number of rotatable bonds is 3. The molecule has 0 spiro atoms. The van der Waals surface area contributed by atoms with E-state index < -0.39 is 0 Å². The van der Waals surface area contributed by atoms with Gasteiger partial charge < -0.3 is 15.0 Å². The van der Waals surface area contributed by atoms with E-state index in [1.807, 2.05) is 13.8 Å². The highest BCUT2D eigenvalue weighted by Crippen LogP contribution is 2.31. The number of hydrogen-bond donors (Lipinski definition) is 1. The van der Waals surface area contributed by atoms with E-state index in [9.17, 15) is 0 Å². The van der Waals surface area contributed by atoms with Crippen molar-refractivity contribution in [2.75, 3.05) is 12.8 Å². The first-order valence-corrected chi connectivity index (χ1v) is 5.39. The van der Waals surface area contributed by atoms with Crippen molar-refractivity contribution >= 4 is 5.69 Å². The summed E-state index contributed by atoms with van der Waals surface area (Å²) in [7, 11) is 1.59. The Morgan fingerprint density at radius 3 is 2.71 bits per heavy atom. The molecule has 0 saturated carbocycles. The Labute approximate surface area is 99.6 Å². The molecule has 2 N–H and O–H groups in total. The number of aromatic nitrogens is 2. The molecule has 0 amide bonds. The lowest BCUT2D eigenvalue weighted by Gasteiger charge is -2.05. The summed E-state index contributed by atoms with van der Waals surface area (Å²) in [5, 5.41) is 3.91. The van der Waals surface area contributed by atoms with E-state index in [1.54, 1.807) is 25.3 Å². The third-order valence-corrected chi connectivity index (χ3v) is 2.41. The zero-order chi connectivity index (χ0) is 12.4. The number of ether oxygens (including phenoxy) is 1. The van der Waals surface area contributed by atoms with Gasteiger partial charge in [-0.15, -0.1) is 0 Å². The minimum Gasteiger partial charge on any atom is -0.496 e. The molecule has 5 nitrogen and oxygen atoms in total. The predicted molar refractivity (Wildman–Crippen MR) is 64.8 cm³/mol. The maximum atomic E-state index is 5.74. The van der Waals surface area contributed by atoms with E-state index in [4.69, 9.17) is 15.0 Å². The van der Waals surface area contributed by atoms with E-state index in [2.05, 4.69) is 10.1 Å². The molecule has 0 atom stereocenters. The summed E-state index contributed by atoms with van der Waals surface area (Å²) in [6.45, 7) is 4.01. The van der Waals surface area contributed by atoms with Gasteiger partial charge in [0.2, 0.25) is 0 Å². The number of benzene rings is 1. The Morgan fingerprint density at radius 2 is 2.12 bits per heavy atom. The monoisotopic (exact) mass is 233 g/mol. The number of nitrogens with two attached hydrogens (primary N) is 1. The summed E-state index contributed by atoms with van der Waals surface area (Å²) in [5.74, 6) is 1.99. The maximum absolute atomic E-state index is 5.74. The molecule has 0 saturated heterocycles. The van der Waals surface area contributed by atoms with Crippen LogP contribution in [0.4, 0.5) is 5.69 Å². The molecule has 0 bridgehead atoms. The van der Waals surface area contributed by atoms with Crippen LogP contribution in [0, 0.1) is 0 Å². The van der Waals surface area contributed by atoms with Gasteiger partial charge in [-0.3, -0.25) is 0 Å². The van der Waals surface area contributed by atoms with Crippen LogP contribution in [0.15, 0.2) is 22.7 Å². The van der Waals surface area contributed by atoms with Crippen LogP contribution >= 0.6 is 0 Å². The van der Waals surface area contributed by atoms with Crippen LogP contribution in [0.1, 0.15) is 25.6 Å². The molecule has 0 radical (unpaired) electrons. The van der Waals surface area contributed by atoms with E-state index in [0.29, 0.717) is 28.7 Å². The first kappa shape index (κ1) is 11.4. The highest BCUT2D eigenvalue weighted by molar-refractivity contribution is 5.67. The summed E-state index contributed by atoms with van der Waals surface area (Å²) in [6, 6.07) is 5.31. The van der Waals surface area contributed by atoms with Gasteiger partial charge in [-0.05, 0) is 18.2 Å². The second-order valence-corrected chi connectivity index (χ2v) is 4.07. The molecule has 0 aliphatic carbocycles. The zero-order valence-corrected chi connectivity index (χ0v) is 10.1. The highest BCUT2D eigenvalue weighted by atomic mass is 16.5. The fourth-order valence-electron chi connectivity index (χ4n) is 1.47. The van der Waals surface area contributed by atoms with Crippen molar-refractivity contribution in [3.8, 4) is 17.2 Å². The number of anilines is 1. The van der Waals surface area contributed by atoms with Gasteiger partial charge in [0, 0.05) is 11.6 Å². The molecular weight excluding hydrogens is 218 g/mol. The van der Waals surface area contributed by atoms with Crippen molar-refractivity contribution in [3.05, 3.63) is 24.0 Å². The standard InChI is InChI=1S/C12H15N3O2/c1-7(2)11-14-12(17-15-11)9-6-8(13)4-5-10(9)16-3/h4-7H,13H2,1-3H3. The summed E-state index contributed by atoms with van der Waals surface area (Å²) < 4.78 is 10.5. The molecule has 1 aromatic heterocycles. The van der Waals surface area contributed by atoms with Gasteiger partial charge in [0.25, 0.3) is 5.89 Å². The van der Waals surface area contributed by atoms with E-state index in [-0.39, 0.29) is 5.92 Å². The molecule has 0 aliphatic rings. The van der Waals surface area contributed by atoms with E-state index in [0.717, 1.165) is 0 Å². The molecule has 0 unspecified atom stereocenters. The normalized spacial score (nSPS) is 10.8. The van der Waals surface area contributed by atoms with Crippen LogP contribution in [0.25, 0.3) is 11.5 Å². The molecule has 2 rings (SSSR count). The Hall–Kier alpha value is -2.04. The van der Waals surface area contributed by atoms with Crippen molar-refractivity contribution < 1.29 is 9.26 Å². The number of nitrogens with zero attached hydrogens (tertiary/aromatic N) is 2. The summed E-state index contributed by atoms with van der Waals surface area (Å²) in [6.07, 6.45) is 0. The van der Waals surface area contributed by atoms with Crippen molar-refractivity contribution in [1.29, 1.82) is 0 Å². The first-order valence-electron chi connectivity index (χ1n) is 5.39. The zero-order valence-electron chi connectivity index (χ0n) is 10.1.